The third-order valence-corrected chi connectivity index (χ3v) is 6.10. The summed E-state index contributed by atoms with van der Waals surface area (Å²) in [5.41, 5.74) is 0.907. The molecule has 1 heterocycles. The van der Waals surface area contributed by atoms with Crippen molar-refractivity contribution in [1.29, 1.82) is 0 Å². The first-order chi connectivity index (χ1) is 16.5. The standard InChI is InChI=1S/C27H46O8/c1-25(2,3)20-26(4,5)21-10-11-27(29,22(19-21)24(28)30-6)35-18-16-32-14-13-31-15-17-34-23-9-7-8-12-33-23/h10-11,19,22-23,29H,7-9,12-18,20H2,1-6H3. The molecule has 1 fully saturated rings. The molecule has 1 saturated heterocycles. The maximum atomic E-state index is 12.5. The second-order valence-electron chi connectivity index (χ2n) is 11.1. The average Bonchev–Trinajstić information content (AvgIpc) is 2.79. The van der Waals surface area contributed by atoms with Gasteiger partial charge in [0, 0.05) is 6.61 Å². The van der Waals surface area contributed by atoms with E-state index < -0.39 is 17.7 Å². The molecule has 1 aliphatic carbocycles. The highest BCUT2D eigenvalue weighted by molar-refractivity contribution is 5.77. The Kier molecular flexibility index (Phi) is 11.9. The monoisotopic (exact) mass is 498 g/mol. The Morgan fingerprint density at radius 2 is 1.71 bits per heavy atom. The minimum atomic E-state index is -1.78. The molecule has 1 N–H and O–H groups in total. The van der Waals surface area contributed by atoms with Crippen LogP contribution >= 0.6 is 0 Å². The van der Waals surface area contributed by atoms with Crippen LogP contribution in [0.25, 0.3) is 0 Å². The van der Waals surface area contributed by atoms with E-state index in [0.29, 0.717) is 26.4 Å². The van der Waals surface area contributed by atoms with Gasteiger partial charge in [0.25, 0.3) is 0 Å². The van der Waals surface area contributed by atoms with Crippen LogP contribution in [-0.4, -0.2) is 76.5 Å². The van der Waals surface area contributed by atoms with Gasteiger partial charge in [-0.3, -0.25) is 4.79 Å². The number of methoxy groups -OCH3 is 1. The molecule has 2 rings (SSSR count). The molecule has 0 aromatic carbocycles. The molecule has 35 heavy (non-hydrogen) atoms. The van der Waals surface area contributed by atoms with Gasteiger partial charge in [-0.15, -0.1) is 0 Å². The summed E-state index contributed by atoms with van der Waals surface area (Å²) in [4.78, 5) is 12.5. The minimum Gasteiger partial charge on any atom is -0.468 e. The topological polar surface area (TPSA) is 92.7 Å². The number of aliphatic hydroxyl groups is 1. The lowest BCUT2D eigenvalue weighted by Gasteiger charge is -2.39. The van der Waals surface area contributed by atoms with Crippen molar-refractivity contribution in [3.8, 4) is 0 Å². The zero-order valence-electron chi connectivity index (χ0n) is 22.5. The Morgan fingerprint density at radius 3 is 2.31 bits per heavy atom. The number of carbonyl (C=O) groups is 1. The lowest BCUT2D eigenvalue weighted by Crippen LogP contribution is -2.45. The number of rotatable bonds is 14. The van der Waals surface area contributed by atoms with Gasteiger partial charge >= 0.3 is 5.97 Å². The van der Waals surface area contributed by atoms with Gasteiger partial charge in [0.1, 0.15) is 5.92 Å². The number of carbonyl (C=O) groups excluding carboxylic acids is 1. The quantitative estimate of drug-likeness (QED) is 0.218. The maximum Gasteiger partial charge on any atom is 0.318 e. The molecule has 0 spiro atoms. The van der Waals surface area contributed by atoms with Crippen molar-refractivity contribution < 1.29 is 38.3 Å². The molecule has 0 radical (unpaired) electrons. The summed E-state index contributed by atoms with van der Waals surface area (Å²) in [6, 6.07) is 0. The van der Waals surface area contributed by atoms with Crippen molar-refractivity contribution in [1.82, 2.24) is 0 Å². The van der Waals surface area contributed by atoms with E-state index in [1.807, 2.05) is 6.08 Å². The third-order valence-electron chi connectivity index (χ3n) is 6.10. The molecular formula is C27H46O8. The third kappa shape index (κ3) is 10.3. The summed E-state index contributed by atoms with van der Waals surface area (Å²) in [5, 5.41) is 11.1. The Bertz CT molecular complexity index is 702. The summed E-state index contributed by atoms with van der Waals surface area (Å²) in [6.45, 7) is 13.8. The molecular weight excluding hydrogens is 452 g/mol. The summed E-state index contributed by atoms with van der Waals surface area (Å²) < 4.78 is 32.8. The van der Waals surface area contributed by atoms with E-state index in [9.17, 15) is 9.90 Å². The summed E-state index contributed by atoms with van der Waals surface area (Å²) in [7, 11) is 1.31. The Labute approximate surface area is 210 Å². The molecule has 0 aromatic rings. The smallest absolute Gasteiger partial charge is 0.318 e. The van der Waals surface area contributed by atoms with E-state index >= 15 is 0 Å². The van der Waals surface area contributed by atoms with Crippen LogP contribution in [0.2, 0.25) is 0 Å². The van der Waals surface area contributed by atoms with Crippen molar-refractivity contribution in [3.63, 3.8) is 0 Å². The number of hydrogen-bond donors (Lipinski definition) is 1. The van der Waals surface area contributed by atoms with Crippen LogP contribution in [-0.2, 0) is 33.2 Å². The highest BCUT2D eigenvalue weighted by Gasteiger charge is 2.44. The van der Waals surface area contributed by atoms with Gasteiger partial charge in [-0.05, 0) is 48.2 Å². The van der Waals surface area contributed by atoms with E-state index in [2.05, 4.69) is 34.6 Å². The van der Waals surface area contributed by atoms with E-state index in [0.717, 1.165) is 37.9 Å². The van der Waals surface area contributed by atoms with Crippen LogP contribution in [0.1, 0.15) is 60.3 Å². The fourth-order valence-corrected chi connectivity index (χ4v) is 4.72. The lowest BCUT2D eigenvalue weighted by atomic mass is 9.69. The van der Waals surface area contributed by atoms with Gasteiger partial charge in [-0.1, -0.05) is 46.8 Å². The van der Waals surface area contributed by atoms with E-state index in [-0.39, 0.29) is 30.3 Å². The first kappa shape index (κ1) is 29.9. The molecule has 3 unspecified atom stereocenters. The molecule has 2 aliphatic rings. The molecule has 1 aliphatic heterocycles. The number of esters is 1. The fraction of sp³-hybridized carbons (Fsp3) is 0.815. The van der Waals surface area contributed by atoms with E-state index in [1.54, 1.807) is 12.2 Å². The largest absolute Gasteiger partial charge is 0.468 e. The maximum absolute atomic E-state index is 12.5. The van der Waals surface area contributed by atoms with Gasteiger partial charge < -0.3 is 33.5 Å². The number of ether oxygens (including phenoxy) is 6. The minimum absolute atomic E-state index is 0.107. The molecule has 0 saturated carbocycles. The summed E-state index contributed by atoms with van der Waals surface area (Å²) >= 11 is 0. The zero-order chi connectivity index (χ0) is 26.0. The Hall–Kier alpha value is -1.29. The van der Waals surface area contributed by atoms with Gasteiger partial charge in [0.15, 0.2) is 6.29 Å². The predicted octanol–water partition coefficient (Wildman–Crippen LogP) is 4.02. The van der Waals surface area contributed by atoms with Crippen LogP contribution < -0.4 is 0 Å². The summed E-state index contributed by atoms with van der Waals surface area (Å²) in [6.07, 6.45) is 9.15. The predicted molar refractivity (Wildman–Crippen MR) is 133 cm³/mol. The molecule has 3 atom stereocenters. The highest BCUT2D eigenvalue weighted by Crippen LogP contribution is 2.43. The fourth-order valence-electron chi connectivity index (χ4n) is 4.72. The van der Waals surface area contributed by atoms with Crippen LogP contribution in [0.3, 0.4) is 0 Å². The van der Waals surface area contributed by atoms with Crippen LogP contribution in [0.4, 0.5) is 0 Å². The second kappa shape index (κ2) is 13.9. The van der Waals surface area contributed by atoms with Gasteiger partial charge in [0.05, 0.1) is 46.8 Å². The van der Waals surface area contributed by atoms with Crippen LogP contribution in [0, 0.1) is 16.7 Å². The van der Waals surface area contributed by atoms with Gasteiger partial charge in [-0.25, -0.2) is 0 Å². The summed E-state index contributed by atoms with van der Waals surface area (Å²) in [5.74, 6) is -3.29. The highest BCUT2D eigenvalue weighted by atomic mass is 16.7. The molecule has 8 heteroatoms. The molecule has 0 aromatic heterocycles. The van der Waals surface area contributed by atoms with Crippen molar-refractivity contribution in [2.24, 2.45) is 16.7 Å². The van der Waals surface area contributed by atoms with Crippen LogP contribution in [0.5, 0.6) is 0 Å². The average molecular weight is 499 g/mol. The molecule has 8 nitrogen and oxygen atoms in total. The first-order valence-electron chi connectivity index (χ1n) is 12.7. The van der Waals surface area contributed by atoms with Crippen molar-refractivity contribution in [2.45, 2.75) is 72.4 Å². The van der Waals surface area contributed by atoms with Crippen molar-refractivity contribution >= 4 is 5.97 Å². The molecule has 0 amide bonds. The Balaban J connectivity index is 1.72. The van der Waals surface area contributed by atoms with Gasteiger partial charge in [0.2, 0.25) is 5.79 Å². The molecule has 0 bridgehead atoms. The second-order valence-corrected chi connectivity index (χ2v) is 11.1. The number of hydrogen-bond acceptors (Lipinski definition) is 8. The number of allylic oxidation sites excluding steroid dienone is 2. The normalized spacial score (nSPS) is 25.4. The van der Waals surface area contributed by atoms with Crippen molar-refractivity contribution in [3.05, 3.63) is 23.8 Å². The SMILES string of the molecule is COC(=O)C1C=C(C(C)(C)CC(C)(C)C)C=CC1(O)OCCOCCOCCOC1CCCCO1. The first-order valence-corrected chi connectivity index (χ1v) is 12.7. The van der Waals surface area contributed by atoms with E-state index in [4.69, 9.17) is 28.4 Å². The van der Waals surface area contributed by atoms with E-state index in [1.165, 1.54) is 7.11 Å². The van der Waals surface area contributed by atoms with Gasteiger partial charge in [-0.2, -0.15) is 0 Å². The van der Waals surface area contributed by atoms with Crippen LogP contribution in [0.15, 0.2) is 23.8 Å². The lowest BCUT2D eigenvalue weighted by molar-refractivity contribution is -0.208. The molecule has 202 valence electrons. The van der Waals surface area contributed by atoms with Crippen molar-refractivity contribution in [2.75, 3.05) is 53.4 Å². The zero-order valence-corrected chi connectivity index (χ0v) is 22.5. The Morgan fingerprint density at radius 1 is 1.06 bits per heavy atom.